The van der Waals surface area contributed by atoms with Crippen molar-refractivity contribution in [3.63, 3.8) is 0 Å². The number of anilines is 2. The molecule has 7 heteroatoms. The Morgan fingerprint density at radius 2 is 1.96 bits per heavy atom. The number of aromatic nitrogens is 3. The fourth-order valence-corrected chi connectivity index (χ4v) is 2.83. The molecule has 4 aromatic rings. The Labute approximate surface area is 153 Å². The van der Waals surface area contributed by atoms with Gasteiger partial charge in [0.15, 0.2) is 5.65 Å². The van der Waals surface area contributed by atoms with E-state index in [1.54, 1.807) is 55.0 Å². The van der Waals surface area contributed by atoms with Crippen molar-refractivity contribution in [3.8, 4) is 11.3 Å². The molecule has 0 amide bonds. The first-order valence-corrected chi connectivity index (χ1v) is 8.18. The zero-order valence-corrected chi connectivity index (χ0v) is 14.2. The van der Waals surface area contributed by atoms with Gasteiger partial charge in [-0.25, -0.2) is 9.78 Å². The molecule has 0 spiro atoms. The van der Waals surface area contributed by atoms with E-state index in [0.717, 1.165) is 11.3 Å². The molecule has 2 N–H and O–H groups in total. The van der Waals surface area contributed by atoms with Gasteiger partial charge >= 0.3 is 5.97 Å². The fraction of sp³-hybridized carbons (Fsp3) is 0. The highest BCUT2D eigenvalue weighted by Gasteiger charge is 2.15. The minimum absolute atomic E-state index is 0.207. The van der Waals surface area contributed by atoms with E-state index in [0.29, 0.717) is 22.2 Å². The number of halogens is 1. The summed E-state index contributed by atoms with van der Waals surface area (Å²) >= 11 is 5.99. The van der Waals surface area contributed by atoms with Crippen LogP contribution in [-0.2, 0) is 0 Å². The minimum Gasteiger partial charge on any atom is -0.478 e. The molecule has 0 fully saturated rings. The van der Waals surface area contributed by atoms with Crippen LogP contribution in [0.15, 0.2) is 67.1 Å². The van der Waals surface area contributed by atoms with Crippen molar-refractivity contribution in [2.75, 3.05) is 5.32 Å². The van der Waals surface area contributed by atoms with E-state index < -0.39 is 5.97 Å². The zero-order chi connectivity index (χ0) is 18.1. The number of nitrogens with zero attached hydrogens (tertiary/aromatic N) is 3. The predicted molar refractivity (Wildman–Crippen MR) is 100 cm³/mol. The zero-order valence-electron chi connectivity index (χ0n) is 13.4. The molecule has 2 aromatic heterocycles. The van der Waals surface area contributed by atoms with Crippen LogP contribution in [-0.4, -0.2) is 25.4 Å². The van der Waals surface area contributed by atoms with Crippen molar-refractivity contribution in [2.45, 2.75) is 0 Å². The van der Waals surface area contributed by atoms with Crippen LogP contribution in [0.4, 0.5) is 11.5 Å². The minimum atomic E-state index is -0.978. The molecule has 0 bridgehead atoms. The van der Waals surface area contributed by atoms with E-state index in [-0.39, 0.29) is 5.56 Å². The first kappa shape index (κ1) is 16.1. The second-order valence-electron chi connectivity index (χ2n) is 5.63. The topological polar surface area (TPSA) is 79.5 Å². The van der Waals surface area contributed by atoms with Crippen molar-refractivity contribution < 1.29 is 9.90 Å². The number of rotatable bonds is 4. The van der Waals surface area contributed by atoms with Gasteiger partial charge in [-0.3, -0.25) is 9.38 Å². The largest absolute Gasteiger partial charge is 0.478 e. The molecule has 2 aromatic carbocycles. The standard InChI is InChI=1S/C19H13ClN4O2/c20-14-6-4-12(5-7-14)17-18(24-9-8-21-11-16(24)23-17)22-15-3-1-2-13(10-15)19(25)26/h1-11,22H,(H,25,26). The number of carboxylic acids is 1. The summed E-state index contributed by atoms with van der Waals surface area (Å²) in [5, 5.41) is 13.1. The maximum atomic E-state index is 11.2. The van der Waals surface area contributed by atoms with E-state index in [1.807, 2.05) is 16.5 Å². The van der Waals surface area contributed by atoms with Crippen LogP contribution in [0.2, 0.25) is 5.02 Å². The lowest BCUT2D eigenvalue weighted by molar-refractivity contribution is 0.0697. The van der Waals surface area contributed by atoms with Gasteiger partial charge in [-0.15, -0.1) is 0 Å². The van der Waals surface area contributed by atoms with E-state index in [9.17, 15) is 9.90 Å². The highest BCUT2D eigenvalue weighted by atomic mass is 35.5. The molecule has 0 aliphatic carbocycles. The van der Waals surface area contributed by atoms with Crippen molar-refractivity contribution in [3.05, 3.63) is 77.7 Å². The van der Waals surface area contributed by atoms with Gasteiger partial charge in [-0.2, -0.15) is 0 Å². The highest BCUT2D eigenvalue weighted by Crippen LogP contribution is 2.31. The van der Waals surface area contributed by atoms with Crippen LogP contribution in [0.3, 0.4) is 0 Å². The molecule has 6 nitrogen and oxygen atoms in total. The quantitative estimate of drug-likeness (QED) is 0.557. The van der Waals surface area contributed by atoms with Gasteiger partial charge in [0.1, 0.15) is 11.5 Å². The maximum Gasteiger partial charge on any atom is 0.335 e. The van der Waals surface area contributed by atoms with Gasteiger partial charge in [-0.05, 0) is 30.3 Å². The molecule has 0 saturated carbocycles. The van der Waals surface area contributed by atoms with Gasteiger partial charge in [0.25, 0.3) is 0 Å². The molecule has 0 saturated heterocycles. The lowest BCUT2D eigenvalue weighted by atomic mass is 10.1. The second kappa shape index (κ2) is 6.50. The van der Waals surface area contributed by atoms with Crippen LogP contribution in [0.1, 0.15) is 10.4 Å². The molecule has 26 heavy (non-hydrogen) atoms. The number of nitrogens with one attached hydrogen (secondary N) is 1. The summed E-state index contributed by atoms with van der Waals surface area (Å²) in [5.41, 5.74) is 3.14. The Balaban J connectivity index is 1.85. The summed E-state index contributed by atoms with van der Waals surface area (Å²) in [6.07, 6.45) is 5.13. The summed E-state index contributed by atoms with van der Waals surface area (Å²) in [4.78, 5) is 20.0. The summed E-state index contributed by atoms with van der Waals surface area (Å²) in [7, 11) is 0. The van der Waals surface area contributed by atoms with Crippen molar-refractivity contribution in [2.24, 2.45) is 0 Å². The first-order chi connectivity index (χ1) is 12.6. The highest BCUT2D eigenvalue weighted by molar-refractivity contribution is 6.30. The summed E-state index contributed by atoms with van der Waals surface area (Å²) in [5.74, 6) is -0.263. The smallest absolute Gasteiger partial charge is 0.335 e. The molecule has 2 heterocycles. The predicted octanol–water partition coefficient (Wildman–Crippen LogP) is 4.49. The average molecular weight is 365 g/mol. The molecule has 0 aliphatic rings. The number of carbonyl (C=O) groups is 1. The third-order valence-electron chi connectivity index (χ3n) is 3.92. The molecular weight excluding hydrogens is 352 g/mol. The van der Waals surface area contributed by atoms with Crippen LogP contribution >= 0.6 is 11.6 Å². The number of fused-ring (bicyclic) bond motifs is 1. The van der Waals surface area contributed by atoms with Gasteiger partial charge in [-0.1, -0.05) is 29.8 Å². The lowest BCUT2D eigenvalue weighted by Crippen LogP contribution is -2.00. The molecule has 0 aliphatic heterocycles. The number of carboxylic acid groups (broad SMARTS) is 1. The second-order valence-corrected chi connectivity index (χ2v) is 6.07. The maximum absolute atomic E-state index is 11.2. The number of hydrogen-bond acceptors (Lipinski definition) is 4. The monoisotopic (exact) mass is 364 g/mol. The van der Waals surface area contributed by atoms with Crippen molar-refractivity contribution >= 4 is 34.7 Å². The Kier molecular flexibility index (Phi) is 4.02. The summed E-state index contributed by atoms with van der Waals surface area (Å²) < 4.78 is 1.87. The van der Waals surface area contributed by atoms with Crippen molar-refractivity contribution in [1.29, 1.82) is 0 Å². The van der Waals surface area contributed by atoms with E-state index in [1.165, 1.54) is 0 Å². The first-order valence-electron chi connectivity index (χ1n) is 7.80. The van der Waals surface area contributed by atoms with Crippen LogP contribution < -0.4 is 5.32 Å². The molecular formula is C19H13ClN4O2. The Hall–Kier alpha value is -3.38. The molecule has 4 rings (SSSR count). The van der Waals surface area contributed by atoms with Crippen LogP contribution in [0.25, 0.3) is 16.9 Å². The van der Waals surface area contributed by atoms with E-state index in [2.05, 4.69) is 15.3 Å². The molecule has 0 atom stereocenters. The Bertz CT molecular complexity index is 1110. The van der Waals surface area contributed by atoms with Gasteiger partial charge in [0, 0.05) is 28.7 Å². The number of hydrogen-bond donors (Lipinski definition) is 2. The van der Waals surface area contributed by atoms with E-state index in [4.69, 9.17) is 11.6 Å². The van der Waals surface area contributed by atoms with Gasteiger partial charge in [0.05, 0.1) is 11.8 Å². The third kappa shape index (κ3) is 2.98. The Morgan fingerprint density at radius 3 is 2.73 bits per heavy atom. The SMILES string of the molecule is O=C(O)c1cccc(Nc2c(-c3ccc(Cl)cc3)nc3cnccn23)c1. The van der Waals surface area contributed by atoms with Crippen molar-refractivity contribution in [1.82, 2.24) is 14.4 Å². The number of imidazole rings is 1. The molecule has 0 radical (unpaired) electrons. The lowest BCUT2D eigenvalue weighted by Gasteiger charge is -2.09. The normalized spacial score (nSPS) is 10.8. The number of aromatic carboxylic acids is 1. The van der Waals surface area contributed by atoms with E-state index >= 15 is 0 Å². The Morgan fingerprint density at radius 1 is 1.15 bits per heavy atom. The van der Waals surface area contributed by atoms with Crippen LogP contribution in [0.5, 0.6) is 0 Å². The summed E-state index contributed by atoms with van der Waals surface area (Å²) in [6.45, 7) is 0. The van der Waals surface area contributed by atoms with Gasteiger partial charge in [0.2, 0.25) is 0 Å². The molecule has 128 valence electrons. The fourth-order valence-electron chi connectivity index (χ4n) is 2.70. The summed E-state index contributed by atoms with van der Waals surface area (Å²) in [6, 6.07) is 14.0. The number of benzene rings is 2. The third-order valence-corrected chi connectivity index (χ3v) is 4.17. The van der Waals surface area contributed by atoms with Crippen LogP contribution in [0, 0.1) is 0 Å². The van der Waals surface area contributed by atoms with Gasteiger partial charge < -0.3 is 10.4 Å². The average Bonchev–Trinajstić information content (AvgIpc) is 3.01. The molecule has 0 unspecified atom stereocenters.